The van der Waals surface area contributed by atoms with Crippen LogP contribution in [0.25, 0.3) is 11.3 Å². The van der Waals surface area contributed by atoms with Crippen LogP contribution in [0.2, 0.25) is 0 Å². The van der Waals surface area contributed by atoms with E-state index in [4.69, 9.17) is 53.8 Å². The van der Waals surface area contributed by atoms with Gasteiger partial charge in [0.2, 0.25) is 10.6 Å². The van der Waals surface area contributed by atoms with Gasteiger partial charge in [0.05, 0.1) is 14.2 Å². The maximum Gasteiger partial charge on any atom is 0.231 e. The molecule has 5 rings (SSSR count). The maximum absolute atomic E-state index is 6.72. The van der Waals surface area contributed by atoms with Gasteiger partial charge in [-0.1, -0.05) is 67.1 Å². The minimum absolute atomic E-state index is 0.238. The number of benzene rings is 2. The number of fused-ring (bicyclic) bond motifs is 5. The first-order valence-corrected chi connectivity index (χ1v) is 13.3. The number of alkyl halides is 3. The van der Waals surface area contributed by atoms with E-state index in [-0.39, 0.29) is 6.79 Å². The summed E-state index contributed by atoms with van der Waals surface area (Å²) in [7, 11) is 3.27. The predicted molar refractivity (Wildman–Crippen MR) is 141 cm³/mol. The molecule has 0 amide bonds. The van der Waals surface area contributed by atoms with Crippen molar-refractivity contribution >= 4 is 46.1 Å². The van der Waals surface area contributed by atoms with Crippen LogP contribution in [-0.2, 0) is 6.42 Å². The van der Waals surface area contributed by atoms with E-state index in [0.29, 0.717) is 18.0 Å². The van der Waals surface area contributed by atoms with Gasteiger partial charge in [-0.2, -0.15) is 0 Å². The normalized spacial score (nSPS) is 18.2. The van der Waals surface area contributed by atoms with Gasteiger partial charge in [0.1, 0.15) is 6.04 Å². The van der Waals surface area contributed by atoms with Crippen molar-refractivity contribution in [2.75, 3.05) is 27.6 Å². The average Bonchev–Trinajstić information content (AvgIpc) is 3.30. The molecule has 0 saturated heterocycles. The molecule has 0 spiro atoms. The van der Waals surface area contributed by atoms with Gasteiger partial charge in [0.15, 0.2) is 23.0 Å². The van der Waals surface area contributed by atoms with Crippen LogP contribution in [0.5, 0.6) is 23.0 Å². The van der Waals surface area contributed by atoms with Crippen molar-refractivity contribution < 1.29 is 18.9 Å². The molecule has 3 aliphatic rings. The molecule has 0 aromatic heterocycles. The van der Waals surface area contributed by atoms with Gasteiger partial charge in [0.25, 0.3) is 0 Å². The van der Waals surface area contributed by atoms with Crippen molar-refractivity contribution in [3.63, 3.8) is 0 Å². The summed E-state index contributed by atoms with van der Waals surface area (Å²) in [4.78, 5) is 2.25. The molecule has 0 N–H and O–H groups in total. The molecule has 0 aliphatic carbocycles. The van der Waals surface area contributed by atoms with E-state index >= 15 is 0 Å². The summed E-state index contributed by atoms with van der Waals surface area (Å²) in [6.07, 6.45) is 6.34. The standard InChI is InChI=1S/C27H30Cl3NO4/c1-4-5-6-7-8-18-17-9-10-20(32-2)25(33-3)23(17)26(27(28,29)30)31-12-11-16-13-21-22(35-15-34-21)14-19(16)24(18)31/h9-10,13-14,26H,4-8,11-12,15H2,1-3H3/t26-/m0/s1. The molecule has 2 aromatic carbocycles. The molecule has 2 aromatic rings. The van der Waals surface area contributed by atoms with E-state index in [0.717, 1.165) is 59.6 Å². The molecule has 0 fully saturated rings. The Morgan fingerprint density at radius 1 is 1.00 bits per heavy atom. The van der Waals surface area contributed by atoms with Crippen molar-refractivity contribution in [2.45, 2.75) is 55.3 Å². The number of methoxy groups -OCH3 is 2. The van der Waals surface area contributed by atoms with Crippen molar-refractivity contribution in [1.82, 2.24) is 4.90 Å². The Balaban J connectivity index is 1.77. The lowest BCUT2D eigenvalue weighted by atomic mass is 9.80. The van der Waals surface area contributed by atoms with Gasteiger partial charge < -0.3 is 23.8 Å². The second-order valence-corrected chi connectivity index (χ2v) is 11.5. The fraction of sp³-hybridized carbons (Fsp3) is 0.481. The predicted octanol–water partition coefficient (Wildman–Crippen LogP) is 7.55. The second kappa shape index (κ2) is 9.84. The minimum atomic E-state index is -1.60. The van der Waals surface area contributed by atoms with E-state index in [1.54, 1.807) is 14.2 Å². The third-order valence-electron chi connectivity index (χ3n) is 7.13. The van der Waals surface area contributed by atoms with Gasteiger partial charge in [-0.15, -0.1) is 0 Å². The first-order valence-electron chi connectivity index (χ1n) is 12.1. The van der Waals surface area contributed by atoms with Crippen LogP contribution in [0.1, 0.15) is 67.3 Å². The lowest BCUT2D eigenvalue weighted by Gasteiger charge is -2.47. The van der Waals surface area contributed by atoms with Crippen LogP contribution in [-0.4, -0.2) is 36.2 Å². The molecule has 0 saturated carbocycles. The van der Waals surface area contributed by atoms with Gasteiger partial charge in [0, 0.05) is 23.4 Å². The molecule has 3 heterocycles. The Bertz CT molecular complexity index is 1160. The lowest BCUT2D eigenvalue weighted by molar-refractivity contribution is 0.174. The van der Waals surface area contributed by atoms with Crippen molar-refractivity contribution in [3.05, 3.63) is 46.5 Å². The monoisotopic (exact) mass is 537 g/mol. The van der Waals surface area contributed by atoms with Crippen molar-refractivity contribution in [1.29, 1.82) is 0 Å². The quantitative estimate of drug-likeness (QED) is 0.269. The zero-order valence-electron chi connectivity index (χ0n) is 20.3. The number of allylic oxidation sites excluding steroid dienone is 1. The smallest absolute Gasteiger partial charge is 0.231 e. The highest BCUT2D eigenvalue weighted by atomic mass is 35.6. The van der Waals surface area contributed by atoms with Crippen molar-refractivity contribution in [2.24, 2.45) is 0 Å². The molecule has 188 valence electrons. The Hall–Kier alpha value is -1.95. The molecular formula is C27H30Cl3NO4. The van der Waals surface area contributed by atoms with Gasteiger partial charge >= 0.3 is 0 Å². The summed E-state index contributed by atoms with van der Waals surface area (Å²) in [6, 6.07) is 7.68. The first kappa shape index (κ1) is 24.7. The molecular weight excluding hydrogens is 509 g/mol. The molecule has 3 aliphatic heterocycles. The number of hydrogen-bond donors (Lipinski definition) is 0. The topological polar surface area (TPSA) is 40.2 Å². The van der Waals surface area contributed by atoms with Gasteiger partial charge in [-0.3, -0.25) is 0 Å². The lowest BCUT2D eigenvalue weighted by Crippen LogP contribution is -2.42. The largest absolute Gasteiger partial charge is 0.493 e. The van der Waals surface area contributed by atoms with Crippen LogP contribution in [0.3, 0.4) is 0 Å². The third kappa shape index (κ3) is 4.30. The summed E-state index contributed by atoms with van der Waals surface area (Å²) >= 11 is 20.2. The number of nitrogens with zero attached hydrogens (tertiary/aromatic N) is 1. The zero-order valence-corrected chi connectivity index (χ0v) is 22.5. The summed E-state index contributed by atoms with van der Waals surface area (Å²) in [6.45, 7) is 3.17. The zero-order chi connectivity index (χ0) is 24.7. The maximum atomic E-state index is 6.72. The van der Waals surface area contributed by atoms with E-state index in [9.17, 15) is 0 Å². The highest BCUT2D eigenvalue weighted by Crippen LogP contribution is 2.59. The van der Waals surface area contributed by atoms with Gasteiger partial charge in [-0.05, 0) is 54.2 Å². The SMILES string of the molecule is CCCCCCC1=C2c3cc4c(cc3CCN2[C@H](C(Cl)(Cl)Cl)c2c1ccc(OC)c2OC)OCO4. The van der Waals surface area contributed by atoms with Gasteiger partial charge in [-0.25, -0.2) is 0 Å². The highest BCUT2D eigenvalue weighted by Gasteiger charge is 2.48. The summed E-state index contributed by atoms with van der Waals surface area (Å²) in [5, 5.41) is 0. The number of hydrogen-bond acceptors (Lipinski definition) is 5. The first-order chi connectivity index (χ1) is 16.9. The van der Waals surface area contributed by atoms with Crippen LogP contribution >= 0.6 is 34.8 Å². The molecule has 5 nitrogen and oxygen atoms in total. The van der Waals surface area contributed by atoms with E-state index < -0.39 is 9.83 Å². The summed E-state index contributed by atoms with van der Waals surface area (Å²) < 4.78 is 21.3. The molecule has 1 atom stereocenters. The molecule has 0 unspecified atom stereocenters. The minimum Gasteiger partial charge on any atom is -0.493 e. The van der Waals surface area contributed by atoms with E-state index in [1.807, 2.05) is 6.07 Å². The highest BCUT2D eigenvalue weighted by molar-refractivity contribution is 6.68. The van der Waals surface area contributed by atoms with Crippen LogP contribution in [0.15, 0.2) is 24.3 Å². The van der Waals surface area contributed by atoms with Crippen LogP contribution < -0.4 is 18.9 Å². The Morgan fingerprint density at radius 2 is 1.77 bits per heavy atom. The number of rotatable bonds is 7. The molecule has 0 bridgehead atoms. The molecule has 0 radical (unpaired) electrons. The Labute approximate surface area is 221 Å². The van der Waals surface area contributed by atoms with Crippen molar-refractivity contribution in [3.8, 4) is 23.0 Å². The van der Waals surface area contributed by atoms with Crippen LogP contribution in [0, 0.1) is 0 Å². The summed E-state index contributed by atoms with van der Waals surface area (Å²) in [5.74, 6) is 2.79. The van der Waals surface area contributed by atoms with E-state index in [2.05, 4.69) is 30.0 Å². The Morgan fingerprint density at radius 3 is 2.46 bits per heavy atom. The molecule has 8 heteroatoms. The Kier molecular flexibility index (Phi) is 6.95. The third-order valence-corrected chi connectivity index (χ3v) is 7.75. The van der Waals surface area contributed by atoms with E-state index in [1.165, 1.54) is 24.0 Å². The van der Waals surface area contributed by atoms with Crippen LogP contribution in [0.4, 0.5) is 0 Å². The molecule has 35 heavy (non-hydrogen) atoms. The number of unbranched alkanes of at least 4 members (excludes halogenated alkanes) is 3. The second-order valence-electron chi connectivity index (χ2n) is 9.15. The number of ether oxygens (including phenoxy) is 4. The fourth-order valence-corrected chi connectivity index (χ4v) is 6.28. The fourth-order valence-electron chi connectivity index (χ4n) is 5.60. The number of halogens is 3. The summed E-state index contributed by atoms with van der Waals surface area (Å²) in [5.41, 5.74) is 6.60. The average molecular weight is 539 g/mol.